The largest absolute Gasteiger partial charge is 0.490 e. The zero-order chi connectivity index (χ0) is 24.0. The Morgan fingerprint density at radius 3 is 2.58 bits per heavy atom. The van der Waals surface area contributed by atoms with Gasteiger partial charge in [0.1, 0.15) is 6.54 Å². The minimum atomic E-state index is -0.497. The number of hydrogen-bond donors (Lipinski definition) is 1. The minimum Gasteiger partial charge on any atom is -0.490 e. The average molecular weight is 469 g/mol. The number of aryl methyl sites for hydroxylation is 1. The topological polar surface area (TPSA) is 84.9 Å². The third-order valence-electron chi connectivity index (χ3n) is 4.73. The Hall–Kier alpha value is -3.26. The maximum Gasteiger partial charge on any atom is 0.294 e. The first-order valence-corrected chi connectivity index (χ1v) is 11.6. The van der Waals surface area contributed by atoms with Crippen LogP contribution in [0.1, 0.15) is 31.9 Å². The highest BCUT2D eigenvalue weighted by molar-refractivity contribution is 8.18. The van der Waals surface area contributed by atoms with Crippen LogP contribution in [0, 0.1) is 12.8 Å². The highest BCUT2D eigenvalue weighted by atomic mass is 32.2. The molecule has 8 heteroatoms. The summed E-state index contributed by atoms with van der Waals surface area (Å²) in [5, 5.41) is 2.27. The Morgan fingerprint density at radius 2 is 1.88 bits per heavy atom. The first-order valence-electron chi connectivity index (χ1n) is 10.8. The summed E-state index contributed by atoms with van der Waals surface area (Å²) >= 11 is 0.812. The Balaban J connectivity index is 1.72. The van der Waals surface area contributed by atoms with Crippen molar-refractivity contribution in [1.29, 1.82) is 0 Å². The van der Waals surface area contributed by atoms with Crippen molar-refractivity contribution in [2.75, 3.05) is 25.1 Å². The average Bonchev–Trinajstić information content (AvgIpc) is 3.02. The molecule has 174 valence electrons. The van der Waals surface area contributed by atoms with E-state index in [0.717, 1.165) is 22.2 Å². The van der Waals surface area contributed by atoms with Crippen LogP contribution in [-0.2, 0) is 9.59 Å². The second-order valence-corrected chi connectivity index (χ2v) is 8.97. The molecule has 0 unspecified atom stereocenters. The molecule has 7 nitrogen and oxygen atoms in total. The molecular weight excluding hydrogens is 440 g/mol. The van der Waals surface area contributed by atoms with Gasteiger partial charge < -0.3 is 14.8 Å². The summed E-state index contributed by atoms with van der Waals surface area (Å²) in [7, 11) is 0. The number of imide groups is 1. The number of ether oxygens (including phenoxy) is 2. The van der Waals surface area contributed by atoms with Crippen LogP contribution >= 0.6 is 11.8 Å². The van der Waals surface area contributed by atoms with Crippen molar-refractivity contribution in [3.8, 4) is 11.5 Å². The molecule has 3 amide bonds. The number of carbonyl (C=O) groups is 3. The van der Waals surface area contributed by atoms with Crippen molar-refractivity contribution in [1.82, 2.24) is 4.90 Å². The standard InChI is InChI=1S/C25H28N2O5S/c1-5-31-21-12-18(10-11-20(21)32-15-16(2)3)13-22-24(29)27(25(30)33-22)14-23(28)26-19-9-7-6-8-17(19)4/h6-13,16H,5,14-15H2,1-4H3,(H,26,28)/b22-13-. The van der Waals surface area contributed by atoms with E-state index in [0.29, 0.717) is 41.9 Å². The summed E-state index contributed by atoms with van der Waals surface area (Å²) < 4.78 is 11.5. The molecule has 0 radical (unpaired) electrons. The van der Waals surface area contributed by atoms with Crippen molar-refractivity contribution in [2.24, 2.45) is 5.92 Å². The quantitative estimate of drug-likeness (QED) is 0.515. The van der Waals surface area contributed by atoms with Gasteiger partial charge in [-0.2, -0.15) is 0 Å². The third-order valence-corrected chi connectivity index (χ3v) is 5.64. The molecule has 1 fully saturated rings. The number of anilines is 1. The van der Waals surface area contributed by atoms with E-state index in [9.17, 15) is 14.4 Å². The number of hydrogen-bond acceptors (Lipinski definition) is 6. The predicted octanol–water partition coefficient (Wildman–Crippen LogP) is 5.10. The van der Waals surface area contributed by atoms with Crippen LogP contribution in [0.3, 0.4) is 0 Å². The Bertz CT molecular complexity index is 1080. The maximum absolute atomic E-state index is 12.8. The summed E-state index contributed by atoms with van der Waals surface area (Å²) in [5.41, 5.74) is 2.24. The molecule has 0 saturated carbocycles. The van der Waals surface area contributed by atoms with Crippen LogP contribution in [0.5, 0.6) is 11.5 Å². The second kappa shape index (κ2) is 11.0. The lowest BCUT2D eigenvalue weighted by Crippen LogP contribution is -2.36. The van der Waals surface area contributed by atoms with Crippen LogP contribution in [0.25, 0.3) is 6.08 Å². The molecule has 1 saturated heterocycles. The van der Waals surface area contributed by atoms with Gasteiger partial charge in [-0.05, 0) is 66.9 Å². The van der Waals surface area contributed by atoms with Gasteiger partial charge in [-0.3, -0.25) is 19.3 Å². The summed E-state index contributed by atoms with van der Waals surface area (Å²) in [6.45, 7) is 8.55. The van der Waals surface area contributed by atoms with Crippen molar-refractivity contribution in [3.63, 3.8) is 0 Å². The Labute approximate surface area is 198 Å². The van der Waals surface area contributed by atoms with Gasteiger partial charge in [0, 0.05) is 5.69 Å². The molecule has 33 heavy (non-hydrogen) atoms. The smallest absolute Gasteiger partial charge is 0.294 e. The Kier molecular flexibility index (Phi) is 8.16. The highest BCUT2D eigenvalue weighted by Gasteiger charge is 2.36. The van der Waals surface area contributed by atoms with Gasteiger partial charge in [0.05, 0.1) is 18.1 Å². The molecule has 0 spiro atoms. The van der Waals surface area contributed by atoms with E-state index in [4.69, 9.17) is 9.47 Å². The maximum atomic E-state index is 12.8. The molecule has 1 aliphatic rings. The van der Waals surface area contributed by atoms with E-state index in [2.05, 4.69) is 19.2 Å². The first kappa shape index (κ1) is 24.4. The van der Waals surface area contributed by atoms with Gasteiger partial charge in [-0.1, -0.05) is 38.1 Å². The molecule has 0 aromatic heterocycles. The van der Waals surface area contributed by atoms with Crippen LogP contribution < -0.4 is 14.8 Å². The normalized spacial score (nSPS) is 14.8. The van der Waals surface area contributed by atoms with Crippen molar-refractivity contribution < 1.29 is 23.9 Å². The van der Waals surface area contributed by atoms with Crippen molar-refractivity contribution in [2.45, 2.75) is 27.7 Å². The predicted molar refractivity (Wildman–Crippen MR) is 130 cm³/mol. The molecule has 1 aliphatic heterocycles. The lowest BCUT2D eigenvalue weighted by molar-refractivity contribution is -0.127. The van der Waals surface area contributed by atoms with Gasteiger partial charge in [0.15, 0.2) is 11.5 Å². The van der Waals surface area contributed by atoms with Crippen molar-refractivity contribution in [3.05, 3.63) is 58.5 Å². The monoisotopic (exact) mass is 468 g/mol. The van der Waals surface area contributed by atoms with E-state index in [-0.39, 0.29) is 11.4 Å². The molecule has 0 bridgehead atoms. The molecule has 1 heterocycles. The molecule has 1 N–H and O–H groups in total. The van der Waals surface area contributed by atoms with E-state index >= 15 is 0 Å². The number of nitrogens with one attached hydrogen (secondary N) is 1. The fourth-order valence-electron chi connectivity index (χ4n) is 3.09. The summed E-state index contributed by atoms with van der Waals surface area (Å²) in [6.07, 6.45) is 1.62. The SMILES string of the molecule is CCOc1cc(/C=C2\SC(=O)N(CC(=O)Nc3ccccc3C)C2=O)ccc1OCC(C)C. The van der Waals surface area contributed by atoms with Gasteiger partial charge in [0.2, 0.25) is 5.91 Å². The summed E-state index contributed by atoms with van der Waals surface area (Å²) in [6, 6.07) is 12.7. The molecule has 2 aromatic rings. The molecule has 2 aromatic carbocycles. The summed E-state index contributed by atoms with van der Waals surface area (Å²) in [5.74, 6) is 0.641. The molecular formula is C25H28N2O5S. The zero-order valence-electron chi connectivity index (χ0n) is 19.2. The molecule has 3 rings (SSSR count). The molecule has 0 atom stereocenters. The fourth-order valence-corrected chi connectivity index (χ4v) is 3.93. The number of amides is 3. The fraction of sp³-hybridized carbons (Fsp3) is 0.320. The number of nitrogens with zero attached hydrogens (tertiary/aromatic N) is 1. The number of carbonyl (C=O) groups excluding carboxylic acids is 3. The lowest BCUT2D eigenvalue weighted by Gasteiger charge is -2.14. The van der Waals surface area contributed by atoms with E-state index in [1.807, 2.05) is 26.0 Å². The van der Waals surface area contributed by atoms with Crippen LogP contribution in [0.4, 0.5) is 10.5 Å². The van der Waals surface area contributed by atoms with Gasteiger partial charge in [0.25, 0.3) is 11.1 Å². The van der Waals surface area contributed by atoms with Crippen LogP contribution in [0.15, 0.2) is 47.4 Å². The van der Waals surface area contributed by atoms with Gasteiger partial charge >= 0.3 is 0 Å². The molecule has 0 aliphatic carbocycles. The van der Waals surface area contributed by atoms with E-state index in [1.54, 1.807) is 36.4 Å². The number of rotatable bonds is 9. The lowest BCUT2D eigenvalue weighted by atomic mass is 10.1. The van der Waals surface area contributed by atoms with E-state index in [1.165, 1.54) is 0 Å². The van der Waals surface area contributed by atoms with E-state index < -0.39 is 17.1 Å². The number of para-hydroxylation sites is 1. The third kappa shape index (κ3) is 6.38. The van der Waals surface area contributed by atoms with Crippen LogP contribution in [0.2, 0.25) is 0 Å². The Morgan fingerprint density at radius 1 is 1.12 bits per heavy atom. The summed E-state index contributed by atoms with van der Waals surface area (Å²) in [4.78, 5) is 38.9. The van der Waals surface area contributed by atoms with Crippen molar-refractivity contribution >= 4 is 40.6 Å². The second-order valence-electron chi connectivity index (χ2n) is 7.97. The zero-order valence-corrected chi connectivity index (χ0v) is 20.0. The highest BCUT2D eigenvalue weighted by Crippen LogP contribution is 2.34. The number of benzene rings is 2. The minimum absolute atomic E-state index is 0.252. The van der Waals surface area contributed by atoms with Gasteiger partial charge in [-0.25, -0.2) is 0 Å². The van der Waals surface area contributed by atoms with Gasteiger partial charge in [-0.15, -0.1) is 0 Å². The van der Waals surface area contributed by atoms with Crippen LogP contribution in [-0.4, -0.2) is 41.7 Å². The first-order chi connectivity index (χ1) is 15.8. The number of thioether (sulfide) groups is 1.